The average molecular weight is 477 g/mol. The number of hydrogen-bond acceptors (Lipinski definition) is 7. The van der Waals surface area contributed by atoms with Crippen molar-refractivity contribution in [2.75, 3.05) is 58.9 Å². The van der Waals surface area contributed by atoms with Gasteiger partial charge in [0, 0.05) is 50.2 Å². The second kappa shape index (κ2) is 10.4. The maximum absolute atomic E-state index is 12.6. The number of dihydropyridines is 1. The molecule has 0 saturated carbocycles. The van der Waals surface area contributed by atoms with Crippen molar-refractivity contribution in [2.24, 2.45) is 0 Å². The molecule has 2 aromatic rings. The molecule has 8 heteroatoms. The summed E-state index contributed by atoms with van der Waals surface area (Å²) in [6.07, 6.45) is 4.09. The van der Waals surface area contributed by atoms with Crippen LogP contribution in [0.25, 0.3) is 5.70 Å². The van der Waals surface area contributed by atoms with Crippen LogP contribution in [0.3, 0.4) is 0 Å². The van der Waals surface area contributed by atoms with E-state index in [9.17, 15) is 4.79 Å². The highest BCUT2D eigenvalue weighted by Crippen LogP contribution is 2.37. The number of para-hydroxylation sites is 1. The van der Waals surface area contributed by atoms with Crippen molar-refractivity contribution in [1.29, 1.82) is 0 Å². The van der Waals surface area contributed by atoms with Crippen LogP contribution in [-0.2, 0) is 16.0 Å². The zero-order valence-corrected chi connectivity index (χ0v) is 20.3. The summed E-state index contributed by atoms with van der Waals surface area (Å²) in [5.41, 5.74) is 4.68. The summed E-state index contributed by atoms with van der Waals surface area (Å²) >= 11 is 0. The summed E-state index contributed by atoms with van der Waals surface area (Å²) < 4.78 is 17.3. The van der Waals surface area contributed by atoms with Crippen LogP contribution in [0, 0.1) is 0 Å². The van der Waals surface area contributed by atoms with Gasteiger partial charge in [-0.3, -0.25) is 4.79 Å². The predicted octanol–water partition coefficient (Wildman–Crippen LogP) is 2.69. The van der Waals surface area contributed by atoms with Gasteiger partial charge >= 0.3 is 0 Å². The van der Waals surface area contributed by atoms with Gasteiger partial charge in [0.2, 0.25) is 5.91 Å². The summed E-state index contributed by atoms with van der Waals surface area (Å²) in [4.78, 5) is 16.8. The van der Waals surface area contributed by atoms with Gasteiger partial charge in [-0.25, -0.2) is 0 Å². The smallest absolute Gasteiger partial charge is 0.227 e. The first-order valence-electron chi connectivity index (χ1n) is 12.0. The number of nitrogens with one attached hydrogen (secondary N) is 2. The molecular formula is C27H32N4O4. The van der Waals surface area contributed by atoms with Crippen LogP contribution in [0.4, 0.5) is 5.69 Å². The van der Waals surface area contributed by atoms with Gasteiger partial charge in [-0.05, 0) is 49.0 Å². The monoisotopic (exact) mass is 476 g/mol. The second-order valence-corrected chi connectivity index (χ2v) is 8.97. The number of benzene rings is 2. The molecule has 5 rings (SSSR count). The van der Waals surface area contributed by atoms with Crippen LogP contribution in [0.15, 0.2) is 60.3 Å². The van der Waals surface area contributed by atoms with Crippen LogP contribution in [0.2, 0.25) is 0 Å². The standard InChI is InChI=1S/C27H32N4O4/c1-30-12-14-31(15-13-30)25(32)18-19-6-8-20(9-7-19)28-23-11-10-22(29-27(23)33-2)21-4-3-5-24-26(21)35-17-16-34-24/h3-11,27-29H,12-18H2,1-2H3. The quantitative estimate of drug-likeness (QED) is 0.664. The Hall–Kier alpha value is -3.49. The van der Waals surface area contributed by atoms with Crippen LogP contribution in [0.5, 0.6) is 11.5 Å². The summed E-state index contributed by atoms with van der Waals surface area (Å²) in [6, 6.07) is 13.9. The molecule has 1 atom stereocenters. The Morgan fingerprint density at radius 2 is 1.83 bits per heavy atom. The summed E-state index contributed by atoms with van der Waals surface area (Å²) in [6.45, 7) is 4.55. The molecule has 0 radical (unpaired) electrons. The number of fused-ring (bicyclic) bond motifs is 1. The molecule has 0 aromatic heterocycles. The van der Waals surface area contributed by atoms with E-state index in [2.05, 4.69) is 22.6 Å². The number of hydrogen-bond donors (Lipinski definition) is 2. The Balaban J connectivity index is 1.25. The molecule has 3 aliphatic rings. The third-order valence-electron chi connectivity index (χ3n) is 6.54. The van der Waals surface area contributed by atoms with Crippen molar-refractivity contribution >= 4 is 17.3 Å². The highest BCUT2D eigenvalue weighted by molar-refractivity contribution is 5.79. The van der Waals surface area contributed by atoms with Crippen molar-refractivity contribution in [2.45, 2.75) is 12.6 Å². The number of methoxy groups -OCH3 is 1. The highest BCUT2D eigenvalue weighted by Gasteiger charge is 2.24. The number of rotatable bonds is 6. The molecule has 0 bridgehead atoms. The van der Waals surface area contributed by atoms with E-state index in [4.69, 9.17) is 14.2 Å². The van der Waals surface area contributed by atoms with Crippen LogP contribution < -0.4 is 20.1 Å². The number of amides is 1. The van der Waals surface area contributed by atoms with Gasteiger partial charge in [0.25, 0.3) is 0 Å². The maximum atomic E-state index is 12.6. The lowest BCUT2D eigenvalue weighted by molar-refractivity contribution is -0.132. The Morgan fingerprint density at radius 3 is 2.60 bits per heavy atom. The third-order valence-corrected chi connectivity index (χ3v) is 6.54. The van der Waals surface area contributed by atoms with E-state index >= 15 is 0 Å². The fraction of sp³-hybridized carbons (Fsp3) is 0.370. The van der Waals surface area contributed by atoms with Crippen molar-refractivity contribution in [1.82, 2.24) is 15.1 Å². The van der Waals surface area contributed by atoms with E-state index in [-0.39, 0.29) is 12.1 Å². The molecule has 0 spiro atoms. The molecular weight excluding hydrogens is 444 g/mol. The Bertz CT molecular complexity index is 1120. The number of piperazine rings is 1. The molecule has 0 aliphatic carbocycles. The first-order chi connectivity index (χ1) is 17.1. The van der Waals surface area contributed by atoms with E-state index in [1.54, 1.807) is 7.11 Å². The number of anilines is 1. The number of allylic oxidation sites excluding steroid dienone is 2. The van der Waals surface area contributed by atoms with Gasteiger partial charge in [0.15, 0.2) is 17.7 Å². The maximum Gasteiger partial charge on any atom is 0.227 e. The molecule has 1 unspecified atom stereocenters. The SMILES string of the molecule is COC1NC(c2cccc3c2OCCO3)=CC=C1Nc1ccc(CC(=O)N2CCN(C)CC2)cc1. The van der Waals surface area contributed by atoms with Crippen LogP contribution in [0.1, 0.15) is 11.1 Å². The number of carbonyl (C=O) groups excluding carboxylic acids is 1. The molecule has 1 saturated heterocycles. The van der Waals surface area contributed by atoms with Gasteiger partial charge in [-0.1, -0.05) is 18.2 Å². The van der Waals surface area contributed by atoms with Crippen molar-refractivity contribution in [3.8, 4) is 11.5 Å². The fourth-order valence-corrected chi connectivity index (χ4v) is 4.49. The Morgan fingerprint density at radius 1 is 1.06 bits per heavy atom. The van der Waals surface area contributed by atoms with Crippen LogP contribution >= 0.6 is 0 Å². The average Bonchev–Trinajstić information content (AvgIpc) is 2.90. The molecule has 2 N–H and O–H groups in total. The topological polar surface area (TPSA) is 75.3 Å². The van der Waals surface area contributed by atoms with Gasteiger partial charge in [0.05, 0.1) is 12.1 Å². The third kappa shape index (κ3) is 5.28. The van der Waals surface area contributed by atoms with Gasteiger partial charge in [-0.2, -0.15) is 0 Å². The lowest BCUT2D eigenvalue weighted by Gasteiger charge is -2.32. The minimum atomic E-state index is -0.353. The number of nitrogens with zero attached hydrogens (tertiary/aromatic N) is 2. The lowest BCUT2D eigenvalue weighted by atomic mass is 10.1. The molecule has 184 valence electrons. The van der Waals surface area contributed by atoms with Crippen LogP contribution in [-0.4, -0.2) is 75.5 Å². The minimum Gasteiger partial charge on any atom is -0.486 e. The van der Waals surface area contributed by atoms with Gasteiger partial charge < -0.3 is 34.6 Å². The highest BCUT2D eigenvalue weighted by atomic mass is 16.6. The summed E-state index contributed by atoms with van der Waals surface area (Å²) in [7, 11) is 3.76. The number of carbonyl (C=O) groups is 1. The fourth-order valence-electron chi connectivity index (χ4n) is 4.49. The molecule has 1 amide bonds. The van der Waals surface area contributed by atoms with Crippen molar-refractivity contribution in [3.05, 3.63) is 71.4 Å². The predicted molar refractivity (Wildman–Crippen MR) is 135 cm³/mol. The molecule has 35 heavy (non-hydrogen) atoms. The zero-order valence-electron chi connectivity index (χ0n) is 20.3. The first kappa shape index (κ1) is 23.3. The molecule has 2 aromatic carbocycles. The lowest BCUT2D eigenvalue weighted by Crippen LogP contribution is -2.47. The molecule has 8 nitrogen and oxygen atoms in total. The molecule has 3 aliphatic heterocycles. The molecule has 3 heterocycles. The van der Waals surface area contributed by atoms with E-state index in [1.165, 1.54) is 0 Å². The largest absolute Gasteiger partial charge is 0.486 e. The number of ether oxygens (including phenoxy) is 3. The van der Waals surface area contributed by atoms with Crippen molar-refractivity contribution < 1.29 is 19.0 Å². The van der Waals surface area contributed by atoms with Gasteiger partial charge in [0.1, 0.15) is 13.2 Å². The first-order valence-corrected chi connectivity index (χ1v) is 12.0. The van der Waals surface area contributed by atoms with Crippen molar-refractivity contribution in [3.63, 3.8) is 0 Å². The summed E-state index contributed by atoms with van der Waals surface area (Å²) in [5.74, 6) is 1.69. The van der Waals surface area contributed by atoms with Gasteiger partial charge in [-0.15, -0.1) is 0 Å². The normalized spacial score (nSPS) is 19.9. The van der Waals surface area contributed by atoms with E-state index in [0.717, 1.165) is 65.9 Å². The Labute approximate surface area is 206 Å². The van der Waals surface area contributed by atoms with E-state index in [0.29, 0.717) is 19.6 Å². The van der Waals surface area contributed by atoms with E-state index in [1.807, 2.05) is 59.5 Å². The summed E-state index contributed by atoms with van der Waals surface area (Å²) in [5, 5.41) is 6.87. The minimum absolute atomic E-state index is 0.188. The molecule has 1 fully saturated rings. The Kier molecular flexibility index (Phi) is 6.92. The second-order valence-electron chi connectivity index (χ2n) is 8.97. The van der Waals surface area contributed by atoms with E-state index < -0.39 is 0 Å². The number of likely N-dealkylation sites (N-methyl/N-ethyl adjacent to an activating group) is 1. The zero-order chi connectivity index (χ0) is 24.2.